The molecule has 0 saturated carbocycles. The molecule has 1 atom stereocenters. The molecule has 0 aliphatic heterocycles. The van der Waals surface area contributed by atoms with E-state index in [9.17, 15) is 0 Å². The number of benzene rings is 2. The van der Waals surface area contributed by atoms with Crippen molar-refractivity contribution in [2.75, 3.05) is 0 Å². The quantitative estimate of drug-likeness (QED) is 0.548. The van der Waals surface area contributed by atoms with Gasteiger partial charge in [-0.2, -0.15) is 0 Å². The van der Waals surface area contributed by atoms with E-state index in [1.54, 1.807) is 0 Å². The number of nitrogens with zero attached hydrogens (tertiary/aromatic N) is 1. The number of allylic oxidation sites excluding steroid dienone is 4. The average Bonchev–Trinajstić information content (AvgIpc) is 2.78. The van der Waals surface area contributed by atoms with E-state index in [0.717, 1.165) is 5.69 Å². The van der Waals surface area contributed by atoms with Crippen molar-refractivity contribution in [3.05, 3.63) is 81.4 Å². The highest BCUT2D eigenvalue weighted by molar-refractivity contribution is 5.93. The van der Waals surface area contributed by atoms with E-state index >= 15 is 0 Å². The maximum Gasteiger partial charge on any atom is 0.0688 e. The fourth-order valence-corrected chi connectivity index (χ4v) is 3.80. The van der Waals surface area contributed by atoms with Gasteiger partial charge in [0.05, 0.1) is 5.69 Å². The molecule has 0 aromatic heterocycles. The molecule has 0 amide bonds. The molecule has 0 fully saturated rings. The normalized spacial score (nSPS) is 17.9. The zero-order valence-electron chi connectivity index (χ0n) is 16.1. The molecule has 0 heterocycles. The summed E-state index contributed by atoms with van der Waals surface area (Å²) in [5.41, 5.74) is 11.8. The van der Waals surface area contributed by atoms with E-state index in [0.29, 0.717) is 5.92 Å². The third-order valence-electron chi connectivity index (χ3n) is 5.66. The summed E-state index contributed by atoms with van der Waals surface area (Å²) in [5.74, 6) is 0.467. The van der Waals surface area contributed by atoms with Gasteiger partial charge in [-0.25, -0.2) is 0 Å². The second kappa shape index (κ2) is 6.84. The topological polar surface area (TPSA) is 12.4 Å². The van der Waals surface area contributed by atoms with Crippen LogP contribution in [0.15, 0.2) is 64.2 Å². The highest BCUT2D eigenvalue weighted by atomic mass is 14.7. The van der Waals surface area contributed by atoms with Crippen molar-refractivity contribution in [3.63, 3.8) is 0 Å². The highest BCUT2D eigenvalue weighted by Gasteiger charge is 2.25. The number of rotatable bonds is 3. The van der Waals surface area contributed by atoms with Crippen molar-refractivity contribution >= 4 is 17.5 Å². The molecule has 1 unspecified atom stereocenters. The molecule has 1 heteroatoms. The molecule has 0 spiro atoms. The minimum absolute atomic E-state index is 0.467. The second-order valence-corrected chi connectivity index (χ2v) is 7.15. The Morgan fingerprint density at radius 1 is 0.800 bits per heavy atom. The minimum atomic E-state index is 0.467. The molecule has 0 bridgehead atoms. The zero-order chi connectivity index (χ0) is 18.1. The van der Waals surface area contributed by atoms with Crippen molar-refractivity contribution in [1.82, 2.24) is 0 Å². The molecular formula is C24H27N. The summed E-state index contributed by atoms with van der Waals surface area (Å²) in [6.45, 7) is 13.3. The van der Waals surface area contributed by atoms with Crippen molar-refractivity contribution < 1.29 is 0 Å². The van der Waals surface area contributed by atoms with Crippen LogP contribution in [0.1, 0.15) is 49.9 Å². The Bertz CT molecular complexity index is 889. The van der Waals surface area contributed by atoms with Crippen LogP contribution in [0.4, 0.5) is 5.69 Å². The van der Waals surface area contributed by atoms with Gasteiger partial charge in [0.1, 0.15) is 0 Å². The average molecular weight is 329 g/mol. The lowest BCUT2D eigenvalue weighted by Crippen LogP contribution is -2.00. The summed E-state index contributed by atoms with van der Waals surface area (Å²) < 4.78 is 0. The van der Waals surface area contributed by atoms with E-state index in [1.807, 2.05) is 6.21 Å². The Kier molecular flexibility index (Phi) is 4.76. The Morgan fingerprint density at radius 3 is 2.04 bits per heavy atom. The van der Waals surface area contributed by atoms with Gasteiger partial charge in [-0.1, -0.05) is 55.0 Å². The first-order valence-electron chi connectivity index (χ1n) is 9.00. The van der Waals surface area contributed by atoms with Gasteiger partial charge in [-0.05, 0) is 68.0 Å². The van der Waals surface area contributed by atoms with Crippen LogP contribution in [0.2, 0.25) is 0 Å². The Hall–Kier alpha value is -2.41. The fourth-order valence-electron chi connectivity index (χ4n) is 3.80. The van der Waals surface area contributed by atoms with Gasteiger partial charge in [0.25, 0.3) is 0 Å². The molecule has 128 valence electrons. The van der Waals surface area contributed by atoms with Crippen LogP contribution in [0.25, 0.3) is 5.57 Å². The molecule has 3 rings (SSSR count). The third-order valence-corrected chi connectivity index (χ3v) is 5.66. The first kappa shape index (κ1) is 17.4. The first-order valence-corrected chi connectivity index (χ1v) is 9.00. The summed E-state index contributed by atoms with van der Waals surface area (Å²) in [5, 5.41) is 0. The minimum Gasteiger partial charge on any atom is -0.256 e. The van der Waals surface area contributed by atoms with Crippen LogP contribution in [0.5, 0.6) is 0 Å². The van der Waals surface area contributed by atoms with Gasteiger partial charge >= 0.3 is 0 Å². The lowest BCUT2D eigenvalue weighted by molar-refractivity contribution is 0.895. The molecule has 0 N–H and O–H groups in total. The zero-order valence-corrected chi connectivity index (χ0v) is 16.1. The molecule has 1 aliphatic rings. The highest BCUT2D eigenvalue weighted by Crippen LogP contribution is 2.43. The number of para-hydroxylation sites is 1. The maximum absolute atomic E-state index is 4.83. The van der Waals surface area contributed by atoms with Crippen LogP contribution in [0.3, 0.4) is 0 Å². The van der Waals surface area contributed by atoms with Crippen molar-refractivity contribution in [2.24, 2.45) is 10.9 Å². The third kappa shape index (κ3) is 3.11. The summed E-state index contributed by atoms with van der Waals surface area (Å²) in [6, 6.07) is 14.9. The second-order valence-electron chi connectivity index (χ2n) is 7.15. The Balaban J connectivity index is 2.06. The van der Waals surface area contributed by atoms with E-state index in [-0.39, 0.29) is 0 Å². The summed E-state index contributed by atoms with van der Waals surface area (Å²) in [6.07, 6.45) is 2.03. The summed E-state index contributed by atoms with van der Waals surface area (Å²) in [4.78, 5) is 4.83. The van der Waals surface area contributed by atoms with Crippen LogP contribution in [-0.2, 0) is 0 Å². The maximum atomic E-state index is 4.83. The van der Waals surface area contributed by atoms with Gasteiger partial charge in [0.2, 0.25) is 0 Å². The van der Waals surface area contributed by atoms with E-state index in [4.69, 9.17) is 4.99 Å². The Labute approximate surface area is 151 Å². The summed E-state index contributed by atoms with van der Waals surface area (Å²) in [7, 11) is 0. The number of aliphatic imine (C=N–C) groups is 1. The van der Waals surface area contributed by atoms with Gasteiger partial charge in [0.15, 0.2) is 0 Å². The van der Waals surface area contributed by atoms with Gasteiger partial charge in [-0.15, -0.1) is 0 Å². The predicted octanol–water partition coefficient (Wildman–Crippen LogP) is 6.81. The monoisotopic (exact) mass is 329 g/mol. The van der Waals surface area contributed by atoms with E-state index in [2.05, 4.69) is 84.0 Å². The fraction of sp³-hybridized carbons (Fsp3) is 0.292. The molecule has 0 saturated heterocycles. The molecule has 2 aromatic carbocycles. The first-order chi connectivity index (χ1) is 11.9. The lowest BCUT2D eigenvalue weighted by Gasteiger charge is -2.15. The van der Waals surface area contributed by atoms with Crippen molar-refractivity contribution in [2.45, 2.75) is 41.5 Å². The number of aryl methyl sites for hydroxylation is 2. The molecule has 1 aliphatic carbocycles. The van der Waals surface area contributed by atoms with Crippen LogP contribution in [-0.4, -0.2) is 6.21 Å². The predicted molar refractivity (Wildman–Crippen MR) is 110 cm³/mol. The van der Waals surface area contributed by atoms with Crippen LogP contribution >= 0.6 is 0 Å². The lowest BCUT2D eigenvalue weighted by atomic mass is 9.89. The number of hydrogen-bond acceptors (Lipinski definition) is 1. The molecule has 0 radical (unpaired) electrons. The summed E-state index contributed by atoms with van der Waals surface area (Å²) >= 11 is 0. The van der Waals surface area contributed by atoms with Gasteiger partial charge in [0, 0.05) is 17.7 Å². The molecule has 2 aromatic rings. The smallest absolute Gasteiger partial charge is 0.0688 e. The van der Waals surface area contributed by atoms with Crippen LogP contribution < -0.4 is 0 Å². The molecule has 1 nitrogen and oxygen atoms in total. The van der Waals surface area contributed by atoms with E-state index in [1.165, 1.54) is 44.5 Å². The van der Waals surface area contributed by atoms with E-state index < -0.39 is 0 Å². The van der Waals surface area contributed by atoms with Gasteiger partial charge in [-0.3, -0.25) is 4.99 Å². The standard InChI is InChI=1S/C24H27N/c1-15-10-9-11-16(2)24(15)25-14-21-12-7-8-13-22(21)23-19(5)17(3)18(4)20(23)6/h7-14,19H,1-6H3/b25-14+. The molecule has 25 heavy (non-hydrogen) atoms. The Morgan fingerprint density at radius 2 is 1.44 bits per heavy atom. The van der Waals surface area contributed by atoms with Crippen molar-refractivity contribution in [1.29, 1.82) is 0 Å². The molecular weight excluding hydrogens is 302 g/mol. The number of hydrogen-bond donors (Lipinski definition) is 0. The van der Waals surface area contributed by atoms with Crippen molar-refractivity contribution in [3.8, 4) is 0 Å². The van der Waals surface area contributed by atoms with Gasteiger partial charge < -0.3 is 0 Å². The SMILES string of the molecule is CC1=C(C)C(C)C(c2ccccc2/C=N/c2c(C)cccc2C)=C1C. The van der Waals surface area contributed by atoms with Crippen LogP contribution in [0, 0.1) is 19.8 Å². The largest absolute Gasteiger partial charge is 0.256 e.